The van der Waals surface area contributed by atoms with Gasteiger partial charge in [-0.1, -0.05) is 18.2 Å². The summed E-state index contributed by atoms with van der Waals surface area (Å²) in [5.41, 5.74) is 3.48. The second-order valence-electron chi connectivity index (χ2n) is 7.14. The summed E-state index contributed by atoms with van der Waals surface area (Å²) in [5.74, 6) is 0.665. The summed E-state index contributed by atoms with van der Waals surface area (Å²) in [6, 6.07) is 16.5. The van der Waals surface area contributed by atoms with Gasteiger partial charge in [-0.3, -0.25) is 14.7 Å². The molecule has 7 nitrogen and oxygen atoms in total. The topological polar surface area (TPSA) is 94.1 Å². The van der Waals surface area contributed by atoms with Crippen LogP contribution in [0.3, 0.4) is 0 Å². The van der Waals surface area contributed by atoms with E-state index in [1.807, 2.05) is 30.3 Å². The molecule has 0 atom stereocenters. The number of ether oxygens (including phenoxy) is 1. The van der Waals surface area contributed by atoms with Gasteiger partial charge in [-0.15, -0.1) is 11.3 Å². The number of thiazole rings is 1. The molecule has 0 amide bonds. The van der Waals surface area contributed by atoms with E-state index >= 15 is 0 Å². The number of benzene rings is 2. The minimum atomic E-state index is -3.75. The molecule has 5 rings (SSSR count). The third-order valence-electron chi connectivity index (χ3n) is 5.15. The number of nitrogens with one attached hydrogen (secondary N) is 1. The highest BCUT2D eigenvalue weighted by molar-refractivity contribution is 7.93. The van der Waals surface area contributed by atoms with Crippen LogP contribution < -0.4 is 9.46 Å². The summed E-state index contributed by atoms with van der Waals surface area (Å²) >= 11 is 1.22. The van der Waals surface area contributed by atoms with Crippen molar-refractivity contribution in [2.45, 2.75) is 4.90 Å². The van der Waals surface area contributed by atoms with Crippen molar-refractivity contribution in [3.05, 3.63) is 84.8 Å². The molecule has 1 N–H and O–H groups in total. The number of pyridine rings is 2. The molecular formula is C24H18N4O3S2. The molecule has 2 aromatic carbocycles. The lowest BCUT2D eigenvalue weighted by atomic mass is 9.99. The summed E-state index contributed by atoms with van der Waals surface area (Å²) in [6.07, 6.45) is 6.74. The summed E-state index contributed by atoms with van der Waals surface area (Å²) in [7, 11) is -2.14. The van der Waals surface area contributed by atoms with E-state index in [4.69, 9.17) is 4.74 Å². The minimum absolute atomic E-state index is 0.154. The molecule has 33 heavy (non-hydrogen) atoms. The molecule has 0 aliphatic carbocycles. The van der Waals surface area contributed by atoms with Gasteiger partial charge in [-0.05, 0) is 47.3 Å². The largest absolute Gasteiger partial charge is 0.496 e. The van der Waals surface area contributed by atoms with Crippen LogP contribution in [0.25, 0.3) is 33.2 Å². The van der Waals surface area contributed by atoms with E-state index in [1.54, 1.807) is 61.5 Å². The van der Waals surface area contributed by atoms with Crippen LogP contribution in [0.2, 0.25) is 0 Å². The zero-order valence-corrected chi connectivity index (χ0v) is 19.1. The number of sulfonamides is 1. The van der Waals surface area contributed by atoms with Crippen molar-refractivity contribution in [3.63, 3.8) is 0 Å². The highest BCUT2D eigenvalue weighted by Gasteiger charge is 2.18. The third kappa shape index (κ3) is 4.15. The normalized spacial score (nSPS) is 11.4. The molecule has 0 saturated carbocycles. The Morgan fingerprint density at radius 1 is 0.939 bits per heavy atom. The Balaban J connectivity index is 1.57. The molecule has 164 valence electrons. The predicted molar refractivity (Wildman–Crippen MR) is 130 cm³/mol. The number of rotatable bonds is 6. The van der Waals surface area contributed by atoms with Crippen LogP contribution >= 0.6 is 11.3 Å². The van der Waals surface area contributed by atoms with Crippen LogP contribution in [-0.2, 0) is 10.0 Å². The molecule has 0 bridgehead atoms. The quantitative estimate of drug-likeness (QED) is 0.362. The fourth-order valence-electron chi connectivity index (χ4n) is 3.59. The van der Waals surface area contributed by atoms with Crippen LogP contribution in [-0.4, -0.2) is 30.5 Å². The van der Waals surface area contributed by atoms with Crippen LogP contribution in [0.4, 0.5) is 5.13 Å². The van der Waals surface area contributed by atoms with Crippen LogP contribution in [0.1, 0.15) is 0 Å². The number of hydrogen-bond donors (Lipinski definition) is 1. The molecule has 0 radical (unpaired) electrons. The molecule has 0 fully saturated rings. The average Bonchev–Trinajstić information content (AvgIpc) is 3.36. The lowest BCUT2D eigenvalue weighted by molar-refractivity contribution is 0.416. The second-order valence-corrected chi connectivity index (χ2v) is 9.72. The minimum Gasteiger partial charge on any atom is -0.496 e. The number of nitrogens with zero attached hydrogens (tertiary/aromatic N) is 3. The van der Waals surface area contributed by atoms with Gasteiger partial charge in [0, 0.05) is 46.7 Å². The number of methoxy groups -OCH3 is 1. The van der Waals surface area contributed by atoms with E-state index in [1.165, 1.54) is 11.3 Å². The number of fused-ring (bicyclic) bond motifs is 1. The van der Waals surface area contributed by atoms with Crippen molar-refractivity contribution < 1.29 is 13.2 Å². The maximum Gasteiger partial charge on any atom is 0.263 e. The van der Waals surface area contributed by atoms with Crippen molar-refractivity contribution in [1.82, 2.24) is 15.0 Å². The molecule has 3 aromatic heterocycles. The van der Waals surface area contributed by atoms with Crippen molar-refractivity contribution >= 4 is 37.3 Å². The summed E-state index contributed by atoms with van der Waals surface area (Å²) < 4.78 is 33.8. The highest BCUT2D eigenvalue weighted by Crippen LogP contribution is 2.37. The zero-order valence-electron chi connectivity index (χ0n) is 17.5. The van der Waals surface area contributed by atoms with E-state index in [2.05, 4.69) is 19.7 Å². The van der Waals surface area contributed by atoms with Gasteiger partial charge in [0.25, 0.3) is 10.0 Å². The first-order valence-electron chi connectivity index (χ1n) is 9.95. The van der Waals surface area contributed by atoms with E-state index in [0.29, 0.717) is 16.6 Å². The molecule has 0 aliphatic heterocycles. The van der Waals surface area contributed by atoms with Gasteiger partial charge in [0.2, 0.25) is 0 Å². The lowest BCUT2D eigenvalue weighted by Crippen LogP contribution is -2.12. The maximum absolute atomic E-state index is 12.8. The molecule has 0 unspecified atom stereocenters. The van der Waals surface area contributed by atoms with Crippen LogP contribution in [0.15, 0.2) is 89.7 Å². The van der Waals surface area contributed by atoms with Gasteiger partial charge in [-0.25, -0.2) is 13.4 Å². The van der Waals surface area contributed by atoms with Gasteiger partial charge in [0.05, 0.1) is 17.7 Å². The third-order valence-corrected chi connectivity index (χ3v) is 7.31. The Hall–Kier alpha value is -3.82. The van der Waals surface area contributed by atoms with E-state index in [0.717, 1.165) is 27.5 Å². The molecular weight excluding hydrogens is 456 g/mol. The van der Waals surface area contributed by atoms with Crippen molar-refractivity contribution in [3.8, 4) is 28.1 Å². The SMILES string of the molecule is COc1cc(-c2cccnc2)ccc1-c1nccc2cc(S(=O)(=O)Nc3nccs3)ccc12. The standard InChI is InChI=1S/C24H18N4O3S2/c1-31-22-14-16(18-3-2-9-25-15-18)4-6-21(22)23-20-7-5-19(13-17(20)8-10-26-23)33(29,30)28-24-27-11-12-32-24/h2-15H,1H3,(H,27,28). The summed E-state index contributed by atoms with van der Waals surface area (Å²) in [4.78, 5) is 12.9. The number of anilines is 1. The Morgan fingerprint density at radius 2 is 1.85 bits per heavy atom. The molecule has 0 spiro atoms. The summed E-state index contributed by atoms with van der Waals surface area (Å²) in [6.45, 7) is 0. The average molecular weight is 475 g/mol. The van der Waals surface area contributed by atoms with Gasteiger partial charge in [-0.2, -0.15) is 0 Å². The van der Waals surface area contributed by atoms with E-state index in [9.17, 15) is 8.42 Å². The fourth-order valence-corrected chi connectivity index (χ4v) is 5.41. The molecule has 3 heterocycles. The zero-order chi connectivity index (χ0) is 22.8. The van der Waals surface area contributed by atoms with E-state index < -0.39 is 10.0 Å². The van der Waals surface area contributed by atoms with Crippen molar-refractivity contribution in [2.24, 2.45) is 0 Å². The van der Waals surface area contributed by atoms with Crippen molar-refractivity contribution in [2.75, 3.05) is 11.8 Å². The smallest absolute Gasteiger partial charge is 0.263 e. The van der Waals surface area contributed by atoms with Gasteiger partial charge in [0.15, 0.2) is 5.13 Å². The first kappa shape index (κ1) is 21.0. The summed E-state index contributed by atoms with van der Waals surface area (Å²) in [5, 5.41) is 3.60. The van der Waals surface area contributed by atoms with Gasteiger partial charge < -0.3 is 4.74 Å². The van der Waals surface area contributed by atoms with E-state index in [-0.39, 0.29) is 4.90 Å². The Morgan fingerprint density at radius 3 is 2.61 bits per heavy atom. The Kier molecular flexibility index (Phi) is 5.49. The Bertz CT molecular complexity index is 1540. The fraction of sp³-hybridized carbons (Fsp3) is 0.0417. The maximum atomic E-state index is 12.8. The monoisotopic (exact) mass is 474 g/mol. The molecule has 5 aromatic rings. The highest BCUT2D eigenvalue weighted by atomic mass is 32.2. The predicted octanol–water partition coefficient (Wildman–Crippen LogP) is 5.23. The number of aromatic nitrogens is 3. The molecule has 0 aliphatic rings. The number of hydrogen-bond acceptors (Lipinski definition) is 7. The first-order valence-corrected chi connectivity index (χ1v) is 12.3. The van der Waals surface area contributed by atoms with Crippen molar-refractivity contribution in [1.29, 1.82) is 0 Å². The van der Waals surface area contributed by atoms with Gasteiger partial charge in [0.1, 0.15) is 5.75 Å². The molecule has 0 saturated heterocycles. The molecule has 9 heteroatoms. The lowest BCUT2D eigenvalue weighted by Gasteiger charge is -2.13. The second kappa shape index (κ2) is 8.61. The first-order chi connectivity index (χ1) is 16.0. The van der Waals surface area contributed by atoms with Crippen LogP contribution in [0, 0.1) is 0 Å². The van der Waals surface area contributed by atoms with Crippen LogP contribution in [0.5, 0.6) is 5.75 Å². The van der Waals surface area contributed by atoms with Gasteiger partial charge >= 0.3 is 0 Å². The Labute approximate surface area is 194 Å².